The molecule has 3 rings (SSSR count). The lowest BCUT2D eigenvalue weighted by atomic mass is 9.82. The first kappa shape index (κ1) is 35.0. The van der Waals surface area contributed by atoms with E-state index in [4.69, 9.17) is 9.47 Å². The van der Waals surface area contributed by atoms with Crippen LogP contribution in [-0.4, -0.2) is 58.9 Å². The highest BCUT2D eigenvalue weighted by Crippen LogP contribution is 2.41. The second-order valence-corrected chi connectivity index (χ2v) is 14.3. The minimum Gasteiger partial charge on any atom is -0.444 e. The van der Waals surface area contributed by atoms with Crippen LogP contribution < -0.4 is 10.6 Å². The average molecular weight is 600 g/mol. The Hall–Kier alpha value is -2.45. The number of nitrogens with one attached hydrogen (secondary N) is 2. The van der Waals surface area contributed by atoms with Crippen molar-refractivity contribution in [1.82, 2.24) is 15.5 Å². The van der Waals surface area contributed by atoms with Gasteiger partial charge in [-0.15, -0.1) is 0 Å². The fraction of sp³-hybridized carbons (Fsp3) is 0.743. The Morgan fingerprint density at radius 1 is 1.05 bits per heavy atom. The summed E-state index contributed by atoms with van der Waals surface area (Å²) >= 11 is 0. The van der Waals surface area contributed by atoms with Gasteiger partial charge in [0.25, 0.3) is 0 Å². The predicted molar refractivity (Wildman–Crippen MR) is 170 cm³/mol. The van der Waals surface area contributed by atoms with E-state index in [1.165, 1.54) is 24.8 Å². The van der Waals surface area contributed by atoms with Gasteiger partial charge >= 0.3 is 6.09 Å². The number of hydrogen-bond donors (Lipinski definition) is 2. The van der Waals surface area contributed by atoms with Gasteiger partial charge in [0.05, 0.1) is 18.2 Å². The second-order valence-electron chi connectivity index (χ2n) is 14.3. The molecule has 242 valence electrons. The van der Waals surface area contributed by atoms with Gasteiger partial charge < -0.3 is 14.8 Å². The molecule has 2 N–H and O–H groups in total. The number of carbonyl (C=O) groups excluding carboxylic acids is 3. The SMILES string of the molecule is CC[C@H](C)[C@H](NCCc1ccccc1)C(=O)NC(=O)[C@H](C)C[C@@H]1OC(C)(C)N(C(=O)OC(C)(C)C)[C@H]1CC1CCCCC1. The summed E-state index contributed by atoms with van der Waals surface area (Å²) in [6.07, 6.45) is 8.08. The highest BCUT2D eigenvalue weighted by molar-refractivity contribution is 5.98. The monoisotopic (exact) mass is 599 g/mol. The third-order valence-electron chi connectivity index (χ3n) is 9.07. The molecule has 0 aromatic heterocycles. The average Bonchev–Trinajstić information content (AvgIpc) is 3.19. The van der Waals surface area contributed by atoms with Crippen LogP contribution in [0.25, 0.3) is 0 Å². The molecule has 1 heterocycles. The number of carbonyl (C=O) groups is 3. The minimum absolute atomic E-state index is 0.0695. The molecular weight excluding hydrogens is 542 g/mol. The number of amides is 3. The van der Waals surface area contributed by atoms with Gasteiger partial charge in [-0.3, -0.25) is 19.8 Å². The standard InChI is InChI=1S/C35H57N3O5/c1-9-24(2)30(36-21-20-26-16-12-10-13-17-26)32(40)37-31(39)25(3)22-29-28(23-27-18-14-11-15-19-27)38(35(7,8)42-29)33(41)43-34(4,5)6/h10,12-13,16-17,24-25,27-30,36H,9,11,14-15,18-23H2,1-8H3,(H,37,39,40)/t24-,25+,28-,29-,30-/m0/s1. The Labute approximate surface area is 260 Å². The van der Waals surface area contributed by atoms with Crippen molar-refractivity contribution in [3.8, 4) is 0 Å². The van der Waals surface area contributed by atoms with E-state index in [1.807, 2.05) is 66.7 Å². The highest BCUT2D eigenvalue weighted by Gasteiger charge is 2.52. The molecule has 1 saturated carbocycles. The van der Waals surface area contributed by atoms with Crippen LogP contribution in [0.1, 0.15) is 112 Å². The lowest BCUT2D eigenvalue weighted by molar-refractivity contribution is -0.135. The maximum Gasteiger partial charge on any atom is 0.412 e. The van der Waals surface area contributed by atoms with E-state index < -0.39 is 23.3 Å². The van der Waals surface area contributed by atoms with E-state index in [0.717, 1.165) is 32.1 Å². The number of nitrogens with zero attached hydrogens (tertiary/aromatic N) is 1. The molecule has 5 atom stereocenters. The summed E-state index contributed by atoms with van der Waals surface area (Å²) in [5.41, 5.74) is -0.302. The molecule has 1 aromatic carbocycles. The summed E-state index contributed by atoms with van der Waals surface area (Å²) in [7, 11) is 0. The van der Waals surface area contributed by atoms with Crippen molar-refractivity contribution in [3.05, 3.63) is 35.9 Å². The van der Waals surface area contributed by atoms with Crippen molar-refractivity contribution in [2.24, 2.45) is 17.8 Å². The fourth-order valence-corrected chi connectivity index (χ4v) is 6.55. The molecule has 0 radical (unpaired) electrons. The van der Waals surface area contributed by atoms with Gasteiger partial charge in [-0.1, -0.05) is 89.6 Å². The summed E-state index contributed by atoms with van der Waals surface area (Å²) in [4.78, 5) is 42.0. The summed E-state index contributed by atoms with van der Waals surface area (Å²) in [6, 6.07) is 9.49. The third kappa shape index (κ3) is 10.3. The van der Waals surface area contributed by atoms with Gasteiger partial charge in [-0.2, -0.15) is 0 Å². The maximum atomic E-state index is 13.5. The van der Waals surface area contributed by atoms with Gasteiger partial charge in [0.2, 0.25) is 11.8 Å². The molecule has 1 aromatic rings. The number of benzene rings is 1. The lowest BCUT2D eigenvalue weighted by Crippen LogP contribution is -2.52. The topological polar surface area (TPSA) is 97.0 Å². The van der Waals surface area contributed by atoms with Crippen LogP contribution in [0.4, 0.5) is 4.79 Å². The van der Waals surface area contributed by atoms with Crippen LogP contribution in [0.15, 0.2) is 30.3 Å². The van der Waals surface area contributed by atoms with Gasteiger partial charge in [0, 0.05) is 5.92 Å². The van der Waals surface area contributed by atoms with Crippen LogP contribution in [0.5, 0.6) is 0 Å². The van der Waals surface area contributed by atoms with Gasteiger partial charge in [0.15, 0.2) is 0 Å². The fourth-order valence-electron chi connectivity index (χ4n) is 6.55. The first-order valence-electron chi connectivity index (χ1n) is 16.5. The zero-order chi connectivity index (χ0) is 31.8. The Balaban J connectivity index is 1.68. The predicted octanol–water partition coefficient (Wildman–Crippen LogP) is 6.61. The smallest absolute Gasteiger partial charge is 0.412 e. The second kappa shape index (κ2) is 15.5. The zero-order valence-corrected chi connectivity index (χ0v) is 27.9. The largest absolute Gasteiger partial charge is 0.444 e. The Kier molecular flexibility index (Phi) is 12.6. The van der Waals surface area contributed by atoms with Gasteiger partial charge in [0.1, 0.15) is 11.3 Å². The van der Waals surface area contributed by atoms with Crippen LogP contribution >= 0.6 is 0 Å². The minimum atomic E-state index is -0.872. The van der Waals surface area contributed by atoms with Crippen molar-refractivity contribution >= 4 is 17.9 Å². The molecule has 8 nitrogen and oxygen atoms in total. The first-order chi connectivity index (χ1) is 20.2. The number of imide groups is 1. The number of hydrogen-bond acceptors (Lipinski definition) is 6. The van der Waals surface area contributed by atoms with E-state index in [-0.39, 0.29) is 36.0 Å². The summed E-state index contributed by atoms with van der Waals surface area (Å²) in [6.45, 7) is 16.0. The first-order valence-corrected chi connectivity index (χ1v) is 16.5. The molecule has 2 aliphatic rings. The van der Waals surface area contributed by atoms with Crippen LogP contribution in [0, 0.1) is 17.8 Å². The van der Waals surface area contributed by atoms with E-state index in [0.29, 0.717) is 18.9 Å². The van der Waals surface area contributed by atoms with Gasteiger partial charge in [-0.25, -0.2) is 4.79 Å². The lowest BCUT2D eigenvalue weighted by Gasteiger charge is -2.37. The van der Waals surface area contributed by atoms with E-state index in [1.54, 1.807) is 4.90 Å². The molecule has 2 fully saturated rings. The Morgan fingerprint density at radius 3 is 2.30 bits per heavy atom. The third-order valence-corrected chi connectivity index (χ3v) is 9.07. The molecule has 0 unspecified atom stereocenters. The number of ether oxygens (including phenoxy) is 2. The van der Waals surface area contributed by atoms with E-state index in [9.17, 15) is 14.4 Å². The van der Waals surface area contributed by atoms with Crippen LogP contribution in [0.2, 0.25) is 0 Å². The Bertz CT molecular complexity index is 1050. The molecule has 3 amide bonds. The highest BCUT2D eigenvalue weighted by atomic mass is 16.6. The molecule has 1 saturated heterocycles. The van der Waals surface area contributed by atoms with Crippen LogP contribution in [-0.2, 0) is 25.5 Å². The normalized spacial score (nSPS) is 22.9. The van der Waals surface area contributed by atoms with Crippen molar-refractivity contribution in [2.45, 2.75) is 143 Å². The van der Waals surface area contributed by atoms with Crippen molar-refractivity contribution in [2.75, 3.05) is 6.54 Å². The summed E-state index contributed by atoms with van der Waals surface area (Å²) in [5.74, 6) is -0.496. The molecule has 0 bridgehead atoms. The molecule has 1 aliphatic carbocycles. The van der Waals surface area contributed by atoms with Crippen LogP contribution in [0.3, 0.4) is 0 Å². The van der Waals surface area contributed by atoms with Crippen molar-refractivity contribution in [1.29, 1.82) is 0 Å². The van der Waals surface area contributed by atoms with Crippen molar-refractivity contribution < 1.29 is 23.9 Å². The molecule has 43 heavy (non-hydrogen) atoms. The van der Waals surface area contributed by atoms with Crippen molar-refractivity contribution in [3.63, 3.8) is 0 Å². The Morgan fingerprint density at radius 2 is 1.70 bits per heavy atom. The van der Waals surface area contributed by atoms with E-state index in [2.05, 4.69) is 29.7 Å². The zero-order valence-electron chi connectivity index (χ0n) is 27.9. The number of rotatable bonds is 12. The quantitative estimate of drug-likeness (QED) is 0.281. The molecule has 1 aliphatic heterocycles. The summed E-state index contributed by atoms with van der Waals surface area (Å²) < 4.78 is 12.3. The molecular formula is C35H57N3O5. The van der Waals surface area contributed by atoms with E-state index >= 15 is 0 Å². The van der Waals surface area contributed by atoms with Gasteiger partial charge in [-0.05, 0) is 77.8 Å². The molecule has 0 spiro atoms. The summed E-state index contributed by atoms with van der Waals surface area (Å²) in [5, 5.41) is 6.09. The molecule has 8 heteroatoms. The maximum absolute atomic E-state index is 13.5.